The third-order valence-electron chi connectivity index (χ3n) is 5.05. The van der Waals surface area contributed by atoms with E-state index < -0.39 is 17.8 Å². The number of pyridine rings is 1. The number of alkyl halides is 3. The van der Waals surface area contributed by atoms with Crippen LogP contribution in [0.25, 0.3) is 33.3 Å². The van der Waals surface area contributed by atoms with Crippen LogP contribution in [-0.2, 0) is 6.18 Å². The molecular weight excluding hydrogens is 469 g/mol. The maximum Gasteiger partial charge on any atom is 0.418 e. The van der Waals surface area contributed by atoms with E-state index in [1.165, 1.54) is 30.3 Å². The number of H-pyrrole nitrogens is 1. The molecule has 2 aromatic heterocycles. The van der Waals surface area contributed by atoms with Crippen LogP contribution in [-0.4, -0.2) is 21.0 Å². The SMILES string of the molecule is O=C(Nc1ccc2ccccc2n1)Oc1ccc2nc(-c3c(Cl)cccc3C(F)(F)F)[nH]c2c1. The van der Waals surface area contributed by atoms with Crippen LogP contribution in [0.1, 0.15) is 5.56 Å². The van der Waals surface area contributed by atoms with Gasteiger partial charge in [-0.15, -0.1) is 0 Å². The van der Waals surface area contributed by atoms with Gasteiger partial charge < -0.3 is 9.72 Å². The van der Waals surface area contributed by atoms with Crippen LogP contribution < -0.4 is 10.1 Å². The van der Waals surface area contributed by atoms with Crippen molar-refractivity contribution in [3.8, 4) is 17.1 Å². The number of aromatic nitrogens is 3. The highest BCUT2D eigenvalue weighted by atomic mass is 35.5. The van der Waals surface area contributed by atoms with Gasteiger partial charge in [-0.1, -0.05) is 35.9 Å². The van der Waals surface area contributed by atoms with Crippen LogP contribution in [0.4, 0.5) is 23.8 Å². The maximum absolute atomic E-state index is 13.5. The van der Waals surface area contributed by atoms with Gasteiger partial charge in [0.2, 0.25) is 0 Å². The number of hydrogen-bond donors (Lipinski definition) is 2. The fourth-order valence-electron chi connectivity index (χ4n) is 3.54. The number of ether oxygens (including phenoxy) is 1. The van der Waals surface area contributed by atoms with Gasteiger partial charge in [-0.05, 0) is 42.5 Å². The minimum Gasteiger partial charge on any atom is -0.410 e. The molecule has 0 aliphatic carbocycles. The van der Waals surface area contributed by atoms with Gasteiger partial charge in [-0.2, -0.15) is 13.2 Å². The van der Waals surface area contributed by atoms with E-state index in [2.05, 4.69) is 20.3 Å². The smallest absolute Gasteiger partial charge is 0.410 e. The van der Waals surface area contributed by atoms with Gasteiger partial charge in [0.15, 0.2) is 0 Å². The molecule has 0 atom stereocenters. The van der Waals surface area contributed by atoms with Crippen molar-refractivity contribution in [2.24, 2.45) is 0 Å². The average molecular weight is 483 g/mol. The lowest BCUT2D eigenvalue weighted by Gasteiger charge is -2.12. The quantitative estimate of drug-likeness (QED) is 0.288. The monoisotopic (exact) mass is 482 g/mol. The Morgan fingerprint density at radius 2 is 1.76 bits per heavy atom. The number of amides is 1. The highest BCUT2D eigenvalue weighted by Gasteiger charge is 2.35. The maximum atomic E-state index is 13.5. The van der Waals surface area contributed by atoms with Crippen molar-refractivity contribution in [2.75, 3.05) is 5.32 Å². The molecule has 0 aliphatic rings. The zero-order valence-corrected chi connectivity index (χ0v) is 17.9. The third-order valence-corrected chi connectivity index (χ3v) is 5.36. The number of rotatable bonds is 3. The van der Waals surface area contributed by atoms with Gasteiger partial charge in [0, 0.05) is 17.0 Å². The summed E-state index contributed by atoms with van der Waals surface area (Å²) in [5.74, 6) is 0.429. The van der Waals surface area contributed by atoms with E-state index in [-0.39, 0.29) is 22.2 Å². The van der Waals surface area contributed by atoms with Crippen molar-refractivity contribution in [2.45, 2.75) is 6.18 Å². The topological polar surface area (TPSA) is 79.9 Å². The van der Waals surface area contributed by atoms with E-state index in [4.69, 9.17) is 16.3 Å². The number of nitrogens with one attached hydrogen (secondary N) is 2. The molecule has 0 unspecified atom stereocenters. The second kappa shape index (κ2) is 8.35. The first-order chi connectivity index (χ1) is 16.3. The van der Waals surface area contributed by atoms with E-state index in [0.29, 0.717) is 22.4 Å². The van der Waals surface area contributed by atoms with Crippen LogP contribution in [0.15, 0.2) is 72.8 Å². The number of benzene rings is 3. The molecule has 2 N–H and O–H groups in total. The lowest BCUT2D eigenvalue weighted by Crippen LogP contribution is -2.17. The van der Waals surface area contributed by atoms with Crippen LogP contribution in [0.2, 0.25) is 5.02 Å². The number of nitrogens with zero attached hydrogens (tertiary/aromatic N) is 2. The van der Waals surface area contributed by atoms with Crippen molar-refractivity contribution < 1.29 is 22.7 Å². The predicted octanol–water partition coefficient (Wildman–Crippen LogP) is 7.06. The molecule has 5 rings (SSSR count). The van der Waals surface area contributed by atoms with E-state index in [0.717, 1.165) is 11.5 Å². The Labute approximate surface area is 195 Å². The Kier molecular flexibility index (Phi) is 5.33. The molecule has 3 aromatic carbocycles. The molecule has 6 nitrogen and oxygen atoms in total. The third kappa shape index (κ3) is 4.25. The average Bonchev–Trinajstić information content (AvgIpc) is 3.21. The second-order valence-corrected chi connectivity index (χ2v) is 7.74. The number of anilines is 1. The molecule has 0 fully saturated rings. The standard InChI is InChI=1S/C24H14ClF3N4O2/c25-16-6-3-5-15(24(26,27)28)21(16)22-30-18-10-9-14(12-19(18)31-22)34-23(33)32-20-11-8-13-4-1-2-7-17(13)29-20/h1-12H,(H,30,31)(H,29,32,33). The number of carbonyl (C=O) groups excluding carboxylic acids is 1. The van der Waals surface area contributed by atoms with Crippen molar-refractivity contribution in [1.82, 2.24) is 15.0 Å². The lowest BCUT2D eigenvalue weighted by atomic mass is 10.1. The fraction of sp³-hybridized carbons (Fsp3) is 0.0417. The fourth-order valence-corrected chi connectivity index (χ4v) is 3.81. The molecule has 2 heterocycles. The first kappa shape index (κ1) is 21.7. The van der Waals surface area contributed by atoms with Gasteiger partial charge >= 0.3 is 12.3 Å². The van der Waals surface area contributed by atoms with E-state index in [1.807, 2.05) is 30.3 Å². The molecule has 170 valence electrons. The van der Waals surface area contributed by atoms with Gasteiger partial charge in [0.1, 0.15) is 17.4 Å². The minimum absolute atomic E-state index is 0.0464. The Hall–Kier alpha value is -4.11. The van der Waals surface area contributed by atoms with Crippen molar-refractivity contribution in [3.05, 3.63) is 83.4 Å². The Bertz CT molecular complexity index is 1550. The Morgan fingerprint density at radius 3 is 2.59 bits per heavy atom. The minimum atomic E-state index is -4.61. The summed E-state index contributed by atoms with van der Waals surface area (Å²) in [5, 5.41) is 3.39. The zero-order chi connectivity index (χ0) is 23.9. The highest BCUT2D eigenvalue weighted by Crippen LogP contribution is 2.40. The molecule has 0 spiro atoms. The van der Waals surface area contributed by atoms with E-state index in [9.17, 15) is 18.0 Å². The summed E-state index contributed by atoms with van der Waals surface area (Å²) in [6.07, 6.45) is -5.38. The normalized spacial score (nSPS) is 11.6. The van der Waals surface area contributed by atoms with Gasteiger partial charge in [0.05, 0.1) is 27.1 Å². The van der Waals surface area contributed by atoms with Gasteiger partial charge in [-0.25, -0.2) is 14.8 Å². The molecule has 10 heteroatoms. The number of hydrogen-bond acceptors (Lipinski definition) is 4. The summed E-state index contributed by atoms with van der Waals surface area (Å²) in [5.41, 5.74) is 0.307. The number of fused-ring (bicyclic) bond motifs is 2. The van der Waals surface area contributed by atoms with Crippen molar-refractivity contribution in [3.63, 3.8) is 0 Å². The largest absolute Gasteiger partial charge is 0.418 e. The molecule has 1 amide bonds. The zero-order valence-electron chi connectivity index (χ0n) is 17.2. The highest BCUT2D eigenvalue weighted by molar-refractivity contribution is 6.33. The molecule has 0 radical (unpaired) electrons. The molecule has 0 saturated carbocycles. The molecular formula is C24H14ClF3N4O2. The van der Waals surface area contributed by atoms with Crippen LogP contribution in [0.5, 0.6) is 5.75 Å². The summed E-state index contributed by atoms with van der Waals surface area (Å²) in [6, 6.07) is 18.9. The Morgan fingerprint density at radius 1 is 0.941 bits per heavy atom. The molecule has 0 saturated heterocycles. The number of carbonyl (C=O) groups is 1. The van der Waals surface area contributed by atoms with Crippen molar-refractivity contribution in [1.29, 1.82) is 0 Å². The summed E-state index contributed by atoms with van der Waals surface area (Å²) in [6.45, 7) is 0. The van der Waals surface area contributed by atoms with Crippen LogP contribution >= 0.6 is 11.6 Å². The number of aromatic amines is 1. The Balaban J connectivity index is 1.39. The first-order valence-corrected chi connectivity index (χ1v) is 10.4. The molecule has 0 aliphatic heterocycles. The number of para-hydroxylation sites is 1. The summed E-state index contributed by atoms with van der Waals surface area (Å²) >= 11 is 6.07. The predicted molar refractivity (Wildman–Crippen MR) is 123 cm³/mol. The summed E-state index contributed by atoms with van der Waals surface area (Å²) < 4.78 is 45.7. The molecule has 0 bridgehead atoms. The van der Waals surface area contributed by atoms with Crippen LogP contribution in [0, 0.1) is 0 Å². The summed E-state index contributed by atoms with van der Waals surface area (Å²) in [4.78, 5) is 23.7. The first-order valence-electron chi connectivity index (χ1n) is 9.98. The number of halogens is 4. The second-order valence-electron chi connectivity index (χ2n) is 7.33. The summed E-state index contributed by atoms with van der Waals surface area (Å²) in [7, 11) is 0. The lowest BCUT2D eigenvalue weighted by molar-refractivity contribution is -0.137. The van der Waals surface area contributed by atoms with Crippen molar-refractivity contribution >= 4 is 45.4 Å². The van der Waals surface area contributed by atoms with E-state index in [1.54, 1.807) is 6.07 Å². The van der Waals surface area contributed by atoms with Gasteiger partial charge in [0.25, 0.3) is 0 Å². The molecule has 5 aromatic rings. The van der Waals surface area contributed by atoms with Crippen LogP contribution in [0.3, 0.4) is 0 Å². The van der Waals surface area contributed by atoms with Gasteiger partial charge in [-0.3, -0.25) is 5.32 Å². The van der Waals surface area contributed by atoms with E-state index >= 15 is 0 Å². The molecule has 34 heavy (non-hydrogen) atoms. The number of imidazole rings is 1.